The number of rotatable bonds is 6. The molecule has 1 aliphatic rings. The molecule has 0 saturated carbocycles. The molecule has 37 heavy (non-hydrogen) atoms. The van der Waals surface area contributed by atoms with Crippen molar-refractivity contribution in [3.63, 3.8) is 0 Å². The van der Waals surface area contributed by atoms with Gasteiger partial charge in [0.15, 0.2) is 11.5 Å². The molecule has 14 heteroatoms. The van der Waals surface area contributed by atoms with Gasteiger partial charge in [-0.1, -0.05) is 0 Å². The summed E-state index contributed by atoms with van der Waals surface area (Å²) in [5, 5.41) is 2.51. The SMILES string of the molecule is O=C(NCc1cc(-c2cnc(C(F)(F)F)c(F)c2)c(F)cn1)C1CCCN1S(=O)(=O)c1ccc(F)cc1. The van der Waals surface area contributed by atoms with E-state index in [0.717, 1.165) is 40.8 Å². The van der Waals surface area contributed by atoms with Gasteiger partial charge in [0.2, 0.25) is 15.9 Å². The molecule has 2 aromatic heterocycles. The lowest BCUT2D eigenvalue weighted by Gasteiger charge is -2.23. The van der Waals surface area contributed by atoms with E-state index >= 15 is 0 Å². The fraction of sp³-hybridized carbons (Fsp3) is 0.261. The van der Waals surface area contributed by atoms with Crippen LogP contribution in [0.5, 0.6) is 0 Å². The molecule has 1 saturated heterocycles. The van der Waals surface area contributed by atoms with Crippen LogP contribution in [0.4, 0.5) is 26.3 Å². The summed E-state index contributed by atoms with van der Waals surface area (Å²) in [4.78, 5) is 19.5. The number of carbonyl (C=O) groups excluding carboxylic acids is 1. The van der Waals surface area contributed by atoms with Gasteiger partial charge in [0.25, 0.3) is 0 Å². The van der Waals surface area contributed by atoms with Crippen LogP contribution in [0.15, 0.2) is 53.7 Å². The normalized spacial score (nSPS) is 16.6. The summed E-state index contributed by atoms with van der Waals surface area (Å²) in [6.07, 6.45) is -2.96. The van der Waals surface area contributed by atoms with Gasteiger partial charge < -0.3 is 5.32 Å². The standard InChI is InChI=1S/C23H18F6N4O3S/c24-14-3-5-16(6-4-14)37(35,36)33-7-1-2-20(33)22(34)32-11-15-9-17(19(26)12-30-15)13-8-18(25)21(31-10-13)23(27,28)29/h3-6,8-10,12,20H,1-2,7,11H2,(H,32,34). The molecule has 1 fully saturated rings. The Morgan fingerprint density at radius 2 is 1.73 bits per heavy atom. The first kappa shape index (κ1) is 26.5. The first-order valence-electron chi connectivity index (χ1n) is 10.8. The molecule has 196 valence electrons. The van der Waals surface area contributed by atoms with E-state index in [1.54, 1.807) is 0 Å². The minimum atomic E-state index is -5.02. The lowest BCUT2D eigenvalue weighted by atomic mass is 10.1. The van der Waals surface area contributed by atoms with Crippen molar-refractivity contribution in [2.45, 2.75) is 36.5 Å². The average Bonchev–Trinajstić information content (AvgIpc) is 3.34. The van der Waals surface area contributed by atoms with Crippen LogP contribution < -0.4 is 5.32 Å². The molecule has 0 radical (unpaired) electrons. The average molecular weight is 544 g/mol. The molecule has 1 atom stereocenters. The molecule has 3 aromatic rings. The Morgan fingerprint density at radius 3 is 2.38 bits per heavy atom. The lowest BCUT2D eigenvalue weighted by molar-refractivity contribution is -0.143. The number of nitrogens with zero attached hydrogens (tertiary/aromatic N) is 3. The number of benzene rings is 1. The number of hydrogen-bond donors (Lipinski definition) is 1. The van der Waals surface area contributed by atoms with E-state index in [0.29, 0.717) is 18.7 Å². The highest BCUT2D eigenvalue weighted by Gasteiger charge is 2.39. The van der Waals surface area contributed by atoms with Gasteiger partial charge in [-0.2, -0.15) is 17.5 Å². The van der Waals surface area contributed by atoms with Crippen LogP contribution in [-0.4, -0.2) is 41.2 Å². The predicted molar refractivity (Wildman–Crippen MR) is 118 cm³/mol. The summed E-state index contributed by atoms with van der Waals surface area (Å²) in [6.45, 7) is -0.202. The maximum atomic E-state index is 14.3. The van der Waals surface area contributed by atoms with Crippen LogP contribution in [0.1, 0.15) is 24.2 Å². The highest BCUT2D eigenvalue weighted by atomic mass is 32.2. The van der Waals surface area contributed by atoms with Crippen molar-refractivity contribution in [3.05, 3.63) is 77.6 Å². The molecule has 1 amide bonds. The number of carbonyl (C=O) groups is 1. The molecule has 0 spiro atoms. The summed E-state index contributed by atoms with van der Waals surface area (Å²) < 4.78 is 107. The number of amides is 1. The zero-order valence-electron chi connectivity index (χ0n) is 18.8. The molecule has 1 aliphatic heterocycles. The van der Waals surface area contributed by atoms with Crippen molar-refractivity contribution >= 4 is 15.9 Å². The van der Waals surface area contributed by atoms with E-state index in [2.05, 4.69) is 15.3 Å². The van der Waals surface area contributed by atoms with Gasteiger partial charge in [-0.25, -0.2) is 26.6 Å². The van der Waals surface area contributed by atoms with Crippen molar-refractivity contribution in [1.29, 1.82) is 0 Å². The summed E-state index contributed by atoms with van der Waals surface area (Å²) in [6, 6.07) is 4.74. The number of sulfonamides is 1. The zero-order valence-corrected chi connectivity index (χ0v) is 19.6. The third-order valence-electron chi connectivity index (χ3n) is 5.70. The van der Waals surface area contributed by atoms with Crippen molar-refractivity contribution in [3.8, 4) is 11.1 Å². The topological polar surface area (TPSA) is 92.3 Å². The van der Waals surface area contributed by atoms with Crippen LogP contribution >= 0.6 is 0 Å². The molecule has 1 unspecified atom stereocenters. The van der Waals surface area contributed by atoms with Crippen molar-refractivity contribution in [2.75, 3.05) is 6.54 Å². The highest BCUT2D eigenvalue weighted by Crippen LogP contribution is 2.32. The second kappa shape index (κ2) is 10.1. The number of pyridine rings is 2. The summed E-state index contributed by atoms with van der Waals surface area (Å²) in [7, 11) is -4.08. The Bertz CT molecular complexity index is 1430. The predicted octanol–water partition coefficient (Wildman–Crippen LogP) is 4.05. The molecule has 1 N–H and O–H groups in total. The minimum absolute atomic E-state index is 0.0726. The Labute approximate surface area is 207 Å². The summed E-state index contributed by atoms with van der Waals surface area (Å²) in [5.74, 6) is -3.91. The second-order valence-corrected chi connectivity index (χ2v) is 10.0. The molecule has 7 nitrogen and oxygen atoms in total. The van der Waals surface area contributed by atoms with E-state index < -0.39 is 51.3 Å². The van der Waals surface area contributed by atoms with E-state index in [-0.39, 0.29) is 41.2 Å². The molecule has 0 aliphatic carbocycles. The maximum absolute atomic E-state index is 14.3. The van der Waals surface area contributed by atoms with Gasteiger partial charge in [-0.15, -0.1) is 0 Å². The third kappa shape index (κ3) is 5.59. The van der Waals surface area contributed by atoms with E-state index in [1.807, 2.05) is 0 Å². The van der Waals surface area contributed by atoms with Crippen LogP contribution in [0, 0.1) is 17.5 Å². The summed E-state index contributed by atoms with van der Waals surface area (Å²) >= 11 is 0. The second-order valence-electron chi connectivity index (χ2n) is 8.15. The van der Waals surface area contributed by atoms with Crippen LogP contribution in [0.2, 0.25) is 0 Å². The molecule has 4 rings (SSSR count). The summed E-state index contributed by atoms with van der Waals surface area (Å²) in [5.41, 5.74) is -2.23. The quantitative estimate of drug-likeness (QED) is 0.473. The van der Waals surface area contributed by atoms with Gasteiger partial charge in [0.1, 0.15) is 17.7 Å². The molecular weight excluding hydrogens is 526 g/mol. The van der Waals surface area contributed by atoms with Crippen LogP contribution in [0.25, 0.3) is 11.1 Å². The first-order valence-corrected chi connectivity index (χ1v) is 12.2. The fourth-order valence-electron chi connectivity index (χ4n) is 3.92. The van der Waals surface area contributed by atoms with Crippen molar-refractivity contribution in [1.82, 2.24) is 19.6 Å². The number of hydrogen-bond acceptors (Lipinski definition) is 5. The highest BCUT2D eigenvalue weighted by molar-refractivity contribution is 7.89. The Kier molecular flexibility index (Phi) is 7.24. The van der Waals surface area contributed by atoms with Crippen molar-refractivity contribution < 1.29 is 39.6 Å². The Morgan fingerprint density at radius 1 is 1.03 bits per heavy atom. The number of aromatic nitrogens is 2. The van der Waals surface area contributed by atoms with Crippen LogP contribution in [-0.2, 0) is 27.5 Å². The van der Waals surface area contributed by atoms with Gasteiger partial charge in [-0.05, 0) is 49.2 Å². The zero-order chi connectivity index (χ0) is 27.0. The molecule has 3 heterocycles. The smallest absolute Gasteiger partial charge is 0.349 e. The lowest BCUT2D eigenvalue weighted by Crippen LogP contribution is -2.45. The van der Waals surface area contributed by atoms with E-state index in [9.17, 15) is 39.6 Å². The van der Waals surface area contributed by atoms with Gasteiger partial charge in [0.05, 0.1) is 23.3 Å². The van der Waals surface area contributed by atoms with E-state index in [4.69, 9.17) is 0 Å². The fourth-order valence-corrected chi connectivity index (χ4v) is 5.58. The number of nitrogens with one attached hydrogen (secondary N) is 1. The minimum Gasteiger partial charge on any atom is -0.349 e. The largest absolute Gasteiger partial charge is 0.436 e. The molecule has 0 bridgehead atoms. The maximum Gasteiger partial charge on any atom is 0.436 e. The Hall–Kier alpha value is -3.52. The van der Waals surface area contributed by atoms with Crippen molar-refractivity contribution in [2.24, 2.45) is 0 Å². The monoisotopic (exact) mass is 544 g/mol. The Balaban J connectivity index is 1.49. The molecular formula is C23H18F6N4O3S. The number of alkyl halides is 3. The van der Waals surface area contributed by atoms with Crippen LogP contribution in [0.3, 0.4) is 0 Å². The first-order chi connectivity index (χ1) is 17.4. The van der Waals surface area contributed by atoms with E-state index in [1.165, 1.54) is 0 Å². The molecule has 1 aromatic carbocycles. The number of halogens is 6. The third-order valence-corrected chi connectivity index (χ3v) is 7.63. The van der Waals surface area contributed by atoms with Gasteiger partial charge in [-0.3, -0.25) is 9.78 Å². The van der Waals surface area contributed by atoms with Gasteiger partial charge >= 0.3 is 6.18 Å². The van der Waals surface area contributed by atoms with Gasteiger partial charge in [0, 0.05) is 23.9 Å².